The number of nitrogens with zero attached hydrogens (tertiary/aromatic N) is 1. The average molecular weight is 122 g/mol. The molecule has 48 valence electrons. The lowest BCUT2D eigenvalue weighted by atomic mass is 10.0. The van der Waals surface area contributed by atoms with Crippen LogP contribution in [0.2, 0.25) is 0 Å². The lowest BCUT2D eigenvalue weighted by Gasteiger charge is -2.07. The molecule has 0 saturated heterocycles. The summed E-state index contributed by atoms with van der Waals surface area (Å²) >= 11 is 0. The summed E-state index contributed by atoms with van der Waals surface area (Å²) in [7, 11) is 0. The van der Waals surface area contributed by atoms with Crippen molar-refractivity contribution in [3.05, 3.63) is 25.3 Å². The highest BCUT2D eigenvalue weighted by Crippen LogP contribution is 2.07. The predicted molar refractivity (Wildman–Crippen MR) is 39.3 cm³/mol. The van der Waals surface area contributed by atoms with Gasteiger partial charge in [-0.25, -0.2) is 0 Å². The molecule has 9 heavy (non-hydrogen) atoms. The van der Waals surface area contributed by atoms with Crippen molar-refractivity contribution in [1.82, 2.24) is 5.43 Å². The van der Waals surface area contributed by atoms with Crippen LogP contribution in [0, 0.1) is 5.92 Å². The van der Waals surface area contributed by atoms with Gasteiger partial charge in [0, 0.05) is 12.1 Å². The van der Waals surface area contributed by atoms with Gasteiger partial charge in [-0.05, 0) is 0 Å². The third-order valence-corrected chi connectivity index (χ3v) is 1.41. The Bertz CT molecular complexity index is 149. The van der Waals surface area contributed by atoms with Gasteiger partial charge in [0.05, 0.1) is 6.04 Å². The molecule has 0 aromatic rings. The maximum Gasteiger partial charge on any atom is 0.0730 e. The van der Waals surface area contributed by atoms with E-state index in [2.05, 4.69) is 23.7 Å². The minimum atomic E-state index is 0.252. The molecule has 1 aliphatic rings. The van der Waals surface area contributed by atoms with Crippen LogP contribution in [-0.2, 0) is 0 Å². The molecule has 1 N–H and O–H groups in total. The van der Waals surface area contributed by atoms with Crippen LogP contribution in [0.1, 0.15) is 0 Å². The van der Waals surface area contributed by atoms with Gasteiger partial charge in [-0.15, -0.1) is 13.2 Å². The molecule has 1 aliphatic heterocycles. The Kier molecular flexibility index (Phi) is 1.68. The van der Waals surface area contributed by atoms with Crippen molar-refractivity contribution in [3.8, 4) is 0 Å². The van der Waals surface area contributed by atoms with E-state index in [4.69, 9.17) is 0 Å². The molecule has 0 saturated carbocycles. The molecule has 0 amide bonds. The minimum absolute atomic E-state index is 0.252. The summed E-state index contributed by atoms with van der Waals surface area (Å²) in [5.74, 6) is 0.322. The van der Waals surface area contributed by atoms with Crippen LogP contribution in [0.5, 0.6) is 0 Å². The lowest BCUT2D eigenvalue weighted by Crippen LogP contribution is -2.22. The van der Waals surface area contributed by atoms with E-state index in [0.29, 0.717) is 5.92 Å². The Hall–Kier alpha value is -1.05. The quantitative estimate of drug-likeness (QED) is 0.541. The highest BCUT2D eigenvalue weighted by molar-refractivity contribution is 5.66. The first-order chi connectivity index (χ1) is 4.38. The second-order valence-corrected chi connectivity index (χ2v) is 1.98. The van der Waals surface area contributed by atoms with Gasteiger partial charge in [0.1, 0.15) is 0 Å². The molecule has 0 aromatic heterocycles. The van der Waals surface area contributed by atoms with Gasteiger partial charge in [-0.1, -0.05) is 12.2 Å². The fourth-order valence-electron chi connectivity index (χ4n) is 0.811. The van der Waals surface area contributed by atoms with Gasteiger partial charge in [-0.3, -0.25) is 0 Å². The number of hydrogen-bond acceptors (Lipinski definition) is 2. The van der Waals surface area contributed by atoms with Crippen molar-refractivity contribution in [3.63, 3.8) is 0 Å². The van der Waals surface area contributed by atoms with Crippen LogP contribution in [0.25, 0.3) is 0 Å². The summed E-state index contributed by atoms with van der Waals surface area (Å²) in [4.78, 5) is 0. The Morgan fingerprint density at radius 3 is 2.67 bits per heavy atom. The average Bonchev–Trinajstić information content (AvgIpc) is 2.33. The van der Waals surface area contributed by atoms with Crippen molar-refractivity contribution in [1.29, 1.82) is 0 Å². The summed E-state index contributed by atoms with van der Waals surface area (Å²) in [5.41, 5.74) is 2.89. The van der Waals surface area contributed by atoms with Gasteiger partial charge < -0.3 is 5.43 Å². The first-order valence-electron chi connectivity index (χ1n) is 2.92. The molecule has 2 nitrogen and oxygen atoms in total. The van der Waals surface area contributed by atoms with Crippen molar-refractivity contribution >= 4 is 6.21 Å². The molecule has 0 bridgehead atoms. The van der Waals surface area contributed by atoms with E-state index >= 15 is 0 Å². The van der Waals surface area contributed by atoms with E-state index in [1.807, 2.05) is 18.4 Å². The molecule has 0 fully saturated rings. The summed E-state index contributed by atoms with van der Waals surface area (Å²) < 4.78 is 0. The lowest BCUT2D eigenvalue weighted by molar-refractivity contribution is 0.629. The largest absolute Gasteiger partial charge is 0.303 e. The summed E-state index contributed by atoms with van der Waals surface area (Å²) in [6.07, 6.45) is 5.52. The van der Waals surface area contributed by atoms with E-state index < -0.39 is 0 Å². The fraction of sp³-hybridized carbons (Fsp3) is 0.286. The first kappa shape index (κ1) is 6.08. The van der Waals surface area contributed by atoms with Crippen molar-refractivity contribution < 1.29 is 0 Å². The molecule has 0 aromatic carbocycles. The monoisotopic (exact) mass is 122 g/mol. The summed E-state index contributed by atoms with van der Waals surface area (Å²) in [6.45, 7) is 7.31. The summed E-state index contributed by atoms with van der Waals surface area (Å²) in [6, 6.07) is 0.252. The maximum atomic E-state index is 3.87. The zero-order chi connectivity index (χ0) is 6.69. The third-order valence-electron chi connectivity index (χ3n) is 1.41. The molecular formula is C7H10N2. The second kappa shape index (κ2) is 2.49. The molecular weight excluding hydrogens is 112 g/mol. The predicted octanol–water partition coefficient (Wildman–Crippen LogP) is 0.932. The van der Waals surface area contributed by atoms with Crippen LogP contribution in [-0.4, -0.2) is 12.3 Å². The molecule has 1 heterocycles. The zero-order valence-corrected chi connectivity index (χ0v) is 5.25. The zero-order valence-electron chi connectivity index (χ0n) is 5.25. The molecule has 0 aliphatic carbocycles. The topological polar surface area (TPSA) is 24.4 Å². The van der Waals surface area contributed by atoms with Crippen molar-refractivity contribution in [2.24, 2.45) is 11.0 Å². The molecule has 0 radical (unpaired) electrons. The van der Waals surface area contributed by atoms with Gasteiger partial charge in [0.2, 0.25) is 0 Å². The molecule has 0 spiro atoms. The van der Waals surface area contributed by atoms with Crippen LogP contribution >= 0.6 is 0 Å². The van der Waals surface area contributed by atoms with E-state index in [9.17, 15) is 0 Å². The van der Waals surface area contributed by atoms with Crippen molar-refractivity contribution in [2.45, 2.75) is 6.04 Å². The SMILES string of the molecule is C=CC1C=NNC1C=C. The van der Waals surface area contributed by atoms with E-state index in [1.54, 1.807) is 0 Å². The van der Waals surface area contributed by atoms with Crippen LogP contribution in [0.15, 0.2) is 30.4 Å². The van der Waals surface area contributed by atoms with E-state index in [0.717, 1.165) is 0 Å². The van der Waals surface area contributed by atoms with Gasteiger partial charge in [-0.2, -0.15) is 5.10 Å². The third kappa shape index (κ3) is 1.02. The Labute approximate surface area is 55.0 Å². The van der Waals surface area contributed by atoms with Gasteiger partial charge >= 0.3 is 0 Å². The molecule has 1 rings (SSSR count). The smallest absolute Gasteiger partial charge is 0.0730 e. The molecule has 2 atom stereocenters. The number of rotatable bonds is 2. The second-order valence-electron chi connectivity index (χ2n) is 1.98. The Balaban J connectivity index is 2.58. The highest BCUT2D eigenvalue weighted by atomic mass is 15.3. The molecule has 2 unspecified atom stereocenters. The number of hydrogen-bond donors (Lipinski definition) is 1. The normalized spacial score (nSPS) is 31.6. The van der Waals surface area contributed by atoms with Crippen LogP contribution in [0.3, 0.4) is 0 Å². The van der Waals surface area contributed by atoms with E-state index in [1.165, 1.54) is 0 Å². The van der Waals surface area contributed by atoms with Gasteiger partial charge in [0.15, 0.2) is 0 Å². The Morgan fingerprint density at radius 1 is 1.44 bits per heavy atom. The molecule has 2 heteroatoms. The van der Waals surface area contributed by atoms with Gasteiger partial charge in [0.25, 0.3) is 0 Å². The first-order valence-corrected chi connectivity index (χ1v) is 2.92. The van der Waals surface area contributed by atoms with E-state index in [-0.39, 0.29) is 6.04 Å². The summed E-state index contributed by atoms with van der Waals surface area (Å²) in [5, 5.41) is 3.87. The van der Waals surface area contributed by atoms with Crippen LogP contribution in [0.4, 0.5) is 0 Å². The maximum absolute atomic E-state index is 3.87. The Morgan fingerprint density at radius 2 is 2.22 bits per heavy atom. The van der Waals surface area contributed by atoms with Crippen molar-refractivity contribution in [2.75, 3.05) is 0 Å². The van der Waals surface area contributed by atoms with Crippen LogP contribution < -0.4 is 5.43 Å². The number of hydrazone groups is 1. The number of nitrogens with one attached hydrogen (secondary N) is 1. The standard InChI is InChI=1S/C7H10N2/c1-3-6-5-8-9-7(6)4-2/h3-7,9H,1-2H2. The minimum Gasteiger partial charge on any atom is -0.303 e. The highest BCUT2D eigenvalue weighted by Gasteiger charge is 2.16. The fourth-order valence-corrected chi connectivity index (χ4v) is 0.811.